The SMILES string of the molecule is CNCCC1CCN(Cc2occc2C)CC1. The lowest BCUT2D eigenvalue weighted by Crippen LogP contribution is -2.34. The van der Waals surface area contributed by atoms with E-state index in [0.29, 0.717) is 0 Å². The number of likely N-dealkylation sites (tertiary alicyclic amines) is 1. The minimum Gasteiger partial charge on any atom is -0.468 e. The standard InChI is InChI=1S/C14H24N2O/c1-12-6-10-17-14(12)11-16-8-4-13(5-9-16)3-7-15-2/h6,10,13,15H,3-5,7-9,11H2,1-2H3. The van der Waals surface area contributed by atoms with E-state index in [-0.39, 0.29) is 0 Å². The Labute approximate surface area is 104 Å². The zero-order valence-corrected chi connectivity index (χ0v) is 11.0. The molecule has 96 valence electrons. The van der Waals surface area contributed by atoms with Crippen LogP contribution in [0.1, 0.15) is 30.6 Å². The fourth-order valence-corrected chi connectivity index (χ4v) is 2.55. The molecule has 1 aromatic rings. The Morgan fingerprint density at radius 2 is 2.18 bits per heavy atom. The molecule has 1 aliphatic heterocycles. The van der Waals surface area contributed by atoms with Crippen LogP contribution in [0.3, 0.4) is 0 Å². The lowest BCUT2D eigenvalue weighted by molar-refractivity contribution is 0.162. The summed E-state index contributed by atoms with van der Waals surface area (Å²) in [4.78, 5) is 2.52. The van der Waals surface area contributed by atoms with Crippen LogP contribution in [0.4, 0.5) is 0 Å². The van der Waals surface area contributed by atoms with Gasteiger partial charge in [0, 0.05) is 0 Å². The molecule has 1 N–H and O–H groups in total. The van der Waals surface area contributed by atoms with E-state index in [0.717, 1.165) is 24.8 Å². The van der Waals surface area contributed by atoms with Crippen LogP contribution in [0, 0.1) is 12.8 Å². The lowest BCUT2D eigenvalue weighted by atomic mass is 9.93. The van der Waals surface area contributed by atoms with Crippen LogP contribution in [0.5, 0.6) is 0 Å². The Bertz CT molecular complexity index is 327. The van der Waals surface area contributed by atoms with Crippen molar-refractivity contribution in [1.29, 1.82) is 0 Å². The van der Waals surface area contributed by atoms with E-state index in [1.165, 1.54) is 37.9 Å². The van der Waals surface area contributed by atoms with Crippen molar-refractivity contribution in [2.75, 3.05) is 26.7 Å². The summed E-state index contributed by atoms with van der Waals surface area (Å²) in [5, 5.41) is 3.24. The van der Waals surface area contributed by atoms with Gasteiger partial charge in [0.15, 0.2) is 0 Å². The first-order chi connectivity index (χ1) is 8.29. The predicted octanol–water partition coefficient (Wildman–Crippen LogP) is 2.41. The summed E-state index contributed by atoms with van der Waals surface area (Å²) in [7, 11) is 2.04. The summed E-state index contributed by atoms with van der Waals surface area (Å²) in [6.45, 7) is 6.70. The van der Waals surface area contributed by atoms with Gasteiger partial charge in [-0.2, -0.15) is 0 Å². The van der Waals surface area contributed by atoms with Crippen molar-refractivity contribution < 1.29 is 4.42 Å². The summed E-state index contributed by atoms with van der Waals surface area (Å²) in [6, 6.07) is 2.05. The Kier molecular flexibility index (Phi) is 4.63. The number of hydrogen-bond acceptors (Lipinski definition) is 3. The van der Waals surface area contributed by atoms with Gasteiger partial charge in [-0.15, -0.1) is 0 Å². The minimum absolute atomic E-state index is 0.913. The third kappa shape index (κ3) is 3.58. The monoisotopic (exact) mass is 236 g/mol. The van der Waals surface area contributed by atoms with Crippen LogP contribution in [0.25, 0.3) is 0 Å². The highest BCUT2D eigenvalue weighted by Gasteiger charge is 2.19. The molecule has 2 rings (SSSR count). The highest BCUT2D eigenvalue weighted by molar-refractivity contribution is 5.14. The Balaban J connectivity index is 1.74. The summed E-state index contributed by atoms with van der Waals surface area (Å²) in [6.07, 6.45) is 5.79. The Morgan fingerprint density at radius 3 is 2.76 bits per heavy atom. The maximum absolute atomic E-state index is 5.51. The molecular formula is C14H24N2O. The van der Waals surface area contributed by atoms with E-state index in [4.69, 9.17) is 4.42 Å². The van der Waals surface area contributed by atoms with Crippen LogP contribution >= 0.6 is 0 Å². The van der Waals surface area contributed by atoms with Gasteiger partial charge >= 0.3 is 0 Å². The van der Waals surface area contributed by atoms with Crippen LogP contribution in [0.2, 0.25) is 0 Å². The second-order valence-corrected chi connectivity index (χ2v) is 5.14. The smallest absolute Gasteiger partial charge is 0.120 e. The minimum atomic E-state index is 0.913. The molecule has 1 fully saturated rings. The number of piperidine rings is 1. The molecule has 3 heteroatoms. The van der Waals surface area contributed by atoms with Gasteiger partial charge in [0.25, 0.3) is 0 Å². The molecule has 0 saturated carbocycles. The molecule has 1 saturated heterocycles. The average molecular weight is 236 g/mol. The van der Waals surface area contributed by atoms with Gasteiger partial charge in [-0.1, -0.05) is 0 Å². The number of rotatable bonds is 5. The first kappa shape index (κ1) is 12.7. The number of nitrogens with zero attached hydrogens (tertiary/aromatic N) is 1. The fraction of sp³-hybridized carbons (Fsp3) is 0.714. The number of nitrogens with one attached hydrogen (secondary N) is 1. The van der Waals surface area contributed by atoms with Gasteiger partial charge in [0.1, 0.15) is 5.76 Å². The van der Waals surface area contributed by atoms with Crippen molar-refractivity contribution in [3.63, 3.8) is 0 Å². The number of aryl methyl sites for hydroxylation is 1. The van der Waals surface area contributed by atoms with E-state index in [2.05, 4.69) is 23.2 Å². The van der Waals surface area contributed by atoms with Crippen molar-refractivity contribution in [2.24, 2.45) is 5.92 Å². The fourth-order valence-electron chi connectivity index (χ4n) is 2.55. The van der Waals surface area contributed by atoms with E-state index in [1.807, 2.05) is 7.05 Å². The molecule has 0 atom stereocenters. The molecule has 0 amide bonds. The molecule has 2 heterocycles. The van der Waals surface area contributed by atoms with Crippen molar-refractivity contribution in [3.05, 3.63) is 23.7 Å². The van der Waals surface area contributed by atoms with Gasteiger partial charge < -0.3 is 9.73 Å². The maximum Gasteiger partial charge on any atom is 0.120 e. The third-order valence-electron chi connectivity index (χ3n) is 3.85. The zero-order chi connectivity index (χ0) is 12.1. The molecule has 0 aliphatic carbocycles. The summed E-state index contributed by atoms with van der Waals surface area (Å²) < 4.78 is 5.51. The molecule has 0 unspecified atom stereocenters. The molecule has 0 spiro atoms. The van der Waals surface area contributed by atoms with Gasteiger partial charge in [0.2, 0.25) is 0 Å². The van der Waals surface area contributed by atoms with Gasteiger partial charge in [-0.05, 0) is 70.4 Å². The van der Waals surface area contributed by atoms with Crippen molar-refractivity contribution in [1.82, 2.24) is 10.2 Å². The number of furan rings is 1. The van der Waals surface area contributed by atoms with Crippen molar-refractivity contribution in [3.8, 4) is 0 Å². The highest BCUT2D eigenvalue weighted by Crippen LogP contribution is 2.22. The second kappa shape index (κ2) is 6.22. The largest absolute Gasteiger partial charge is 0.468 e. The molecule has 3 nitrogen and oxygen atoms in total. The van der Waals surface area contributed by atoms with Gasteiger partial charge in [-0.25, -0.2) is 0 Å². The normalized spacial score (nSPS) is 18.7. The van der Waals surface area contributed by atoms with E-state index in [1.54, 1.807) is 6.26 Å². The zero-order valence-electron chi connectivity index (χ0n) is 11.0. The van der Waals surface area contributed by atoms with E-state index >= 15 is 0 Å². The Hall–Kier alpha value is -0.800. The predicted molar refractivity (Wildman–Crippen MR) is 70.0 cm³/mol. The van der Waals surface area contributed by atoms with Crippen LogP contribution < -0.4 is 5.32 Å². The topological polar surface area (TPSA) is 28.4 Å². The molecular weight excluding hydrogens is 212 g/mol. The van der Waals surface area contributed by atoms with Crippen LogP contribution in [-0.4, -0.2) is 31.6 Å². The second-order valence-electron chi connectivity index (χ2n) is 5.14. The Morgan fingerprint density at radius 1 is 1.41 bits per heavy atom. The highest BCUT2D eigenvalue weighted by atomic mass is 16.3. The molecule has 0 aromatic carbocycles. The van der Waals surface area contributed by atoms with Crippen molar-refractivity contribution >= 4 is 0 Å². The average Bonchev–Trinajstić information content (AvgIpc) is 2.74. The molecule has 0 radical (unpaired) electrons. The number of hydrogen-bond donors (Lipinski definition) is 1. The summed E-state index contributed by atoms with van der Waals surface area (Å²) in [5.74, 6) is 2.05. The molecule has 1 aromatic heterocycles. The van der Waals surface area contributed by atoms with E-state index in [9.17, 15) is 0 Å². The summed E-state index contributed by atoms with van der Waals surface area (Å²) >= 11 is 0. The first-order valence-electron chi connectivity index (χ1n) is 6.69. The molecule has 0 bridgehead atoms. The maximum atomic E-state index is 5.51. The van der Waals surface area contributed by atoms with Crippen LogP contribution in [0.15, 0.2) is 16.7 Å². The summed E-state index contributed by atoms with van der Waals surface area (Å²) in [5.41, 5.74) is 1.28. The van der Waals surface area contributed by atoms with Gasteiger partial charge in [-0.3, -0.25) is 4.90 Å². The molecule has 17 heavy (non-hydrogen) atoms. The molecule has 1 aliphatic rings. The van der Waals surface area contributed by atoms with Gasteiger partial charge in [0.05, 0.1) is 12.8 Å². The van der Waals surface area contributed by atoms with Crippen molar-refractivity contribution in [2.45, 2.75) is 32.7 Å². The third-order valence-corrected chi connectivity index (χ3v) is 3.85. The lowest BCUT2D eigenvalue weighted by Gasteiger charge is -2.31. The van der Waals surface area contributed by atoms with Crippen LogP contribution in [-0.2, 0) is 6.54 Å². The first-order valence-corrected chi connectivity index (χ1v) is 6.69. The van der Waals surface area contributed by atoms with E-state index < -0.39 is 0 Å². The quantitative estimate of drug-likeness (QED) is 0.851.